The molecule has 0 aliphatic rings. The number of halogens is 1. The Bertz CT molecular complexity index is 869. The molecule has 2 aromatic carbocycles. The fourth-order valence-electron chi connectivity index (χ4n) is 2.41. The van der Waals surface area contributed by atoms with Crippen LogP contribution in [-0.4, -0.2) is 39.3 Å². The maximum Gasteiger partial charge on any atom is 0.243 e. The van der Waals surface area contributed by atoms with Crippen LogP contribution < -0.4 is 10.1 Å². The average molecular weight is 441 g/mol. The lowest BCUT2D eigenvalue weighted by molar-refractivity contribution is -0.121. The van der Waals surface area contributed by atoms with Crippen molar-refractivity contribution in [1.82, 2.24) is 9.62 Å². The summed E-state index contributed by atoms with van der Waals surface area (Å²) >= 11 is 3.44. The molecule has 0 aromatic heterocycles. The van der Waals surface area contributed by atoms with E-state index < -0.39 is 10.0 Å². The summed E-state index contributed by atoms with van der Waals surface area (Å²) in [4.78, 5) is 12.4. The first-order valence-electron chi connectivity index (χ1n) is 7.90. The summed E-state index contributed by atoms with van der Waals surface area (Å²) in [7, 11) is -0.877. The number of sulfonamides is 1. The number of hydrogen-bond acceptors (Lipinski definition) is 4. The van der Waals surface area contributed by atoms with Crippen molar-refractivity contribution in [3.05, 3.63) is 58.6 Å². The summed E-state index contributed by atoms with van der Waals surface area (Å²) in [5.74, 6) is 0.180. The van der Waals surface area contributed by atoms with E-state index in [1.165, 1.54) is 26.3 Å². The predicted octanol–water partition coefficient (Wildman–Crippen LogP) is 2.96. The smallest absolute Gasteiger partial charge is 0.243 e. The average Bonchev–Trinajstić information content (AvgIpc) is 2.61. The zero-order valence-electron chi connectivity index (χ0n) is 14.8. The van der Waals surface area contributed by atoms with Gasteiger partial charge in [0.2, 0.25) is 15.9 Å². The van der Waals surface area contributed by atoms with E-state index in [9.17, 15) is 13.2 Å². The van der Waals surface area contributed by atoms with Gasteiger partial charge in [-0.2, -0.15) is 4.31 Å². The van der Waals surface area contributed by atoms with Crippen LogP contribution in [0.4, 0.5) is 0 Å². The summed E-state index contributed by atoms with van der Waals surface area (Å²) < 4.78 is 32.1. The van der Waals surface area contributed by atoms with Gasteiger partial charge in [-0.1, -0.05) is 34.1 Å². The largest absolute Gasteiger partial charge is 0.497 e. The fourth-order valence-corrected chi connectivity index (χ4v) is 4.16. The normalized spacial score (nSPS) is 12.7. The van der Waals surface area contributed by atoms with Gasteiger partial charge in [0, 0.05) is 11.5 Å². The third-order valence-electron chi connectivity index (χ3n) is 3.88. The number of benzene rings is 2. The minimum absolute atomic E-state index is 0.104. The third-order valence-corrected chi connectivity index (χ3v) is 6.42. The molecule has 0 saturated carbocycles. The van der Waals surface area contributed by atoms with Crippen LogP contribution in [0.15, 0.2) is 57.9 Å². The lowest BCUT2D eigenvalue weighted by atomic mass is 10.1. The van der Waals surface area contributed by atoms with Crippen molar-refractivity contribution in [2.24, 2.45) is 0 Å². The van der Waals surface area contributed by atoms with Gasteiger partial charge >= 0.3 is 0 Å². The number of amides is 1. The quantitative estimate of drug-likeness (QED) is 0.717. The first kappa shape index (κ1) is 20.4. The van der Waals surface area contributed by atoms with Crippen LogP contribution in [0.5, 0.6) is 5.75 Å². The highest BCUT2D eigenvalue weighted by atomic mass is 79.9. The molecular formula is C18H21BrN2O4S. The Labute approximate surface area is 162 Å². The van der Waals surface area contributed by atoms with Gasteiger partial charge in [-0.05, 0) is 42.8 Å². The Morgan fingerprint density at radius 2 is 1.81 bits per heavy atom. The van der Waals surface area contributed by atoms with E-state index in [1.807, 2.05) is 31.2 Å². The van der Waals surface area contributed by atoms with Gasteiger partial charge in [-0.3, -0.25) is 4.79 Å². The molecule has 26 heavy (non-hydrogen) atoms. The Balaban J connectivity index is 2.04. The number of ether oxygens (including phenoxy) is 1. The standard InChI is InChI=1S/C18H21BrN2O4S/c1-13(16-6-4-5-7-17(16)19)20-18(22)12-21(2)26(23,24)15-10-8-14(25-3)9-11-15/h4-11,13H,12H2,1-3H3,(H,20,22)/t13-/m1/s1. The first-order valence-corrected chi connectivity index (χ1v) is 10.1. The highest BCUT2D eigenvalue weighted by Gasteiger charge is 2.23. The predicted molar refractivity (Wildman–Crippen MR) is 104 cm³/mol. The SMILES string of the molecule is COc1ccc(S(=O)(=O)N(C)CC(=O)N[C@H](C)c2ccccc2Br)cc1. The van der Waals surface area contributed by atoms with Gasteiger partial charge in [0.25, 0.3) is 0 Å². The van der Waals surface area contributed by atoms with Gasteiger partial charge < -0.3 is 10.1 Å². The molecule has 2 aromatic rings. The van der Waals surface area contributed by atoms with Crippen LogP contribution in [0.2, 0.25) is 0 Å². The monoisotopic (exact) mass is 440 g/mol. The Kier molecular flexibility index (Phi) is 6.80. The Hall–Kier alpha value is -1.90. The molecule has 0 saturated heterocycles. The third kappa shape index (κ3) is 4.84. The summed E-state index contributed by atoms with van der Waals surface area (Å²) in [6.45, 7) is 1.57. The van der Waals surface area contributed by atoms with Crippen molar-refractivity contribution in [1.29, 1.82) is 0 Å². The summed E-state index contributed by atoms with van der Waals surface area (Å²) in [5, 5.41) is 2.81. The molecule has 0 aliphatic carbocycles. The van der Waals surface area contributed by atoms with Crippen molar-refractivity contribution < 1.29 is 17.9 Å². The highest BCUT2D eigenvalue weighted by Crippen LogP contribution is 2.23. The summed E-state index contributed by atoms with van der Waals surface area (Å²) in [6.07, 6.45) is 0. The molecule has 6 nitrogen and oxygen atoms in total. The molecule has 1 N–H and O–H groups in total. The molecule has 0 fully saturated rings. The highest BCUT2D eigenvalue weighted by molar-refractivity contribution is 9.10. The van der Waals surface area contributed by atoms with E-state index in [0.29, 0.717) is 5.75 Å². The van der Waals surface area contributed by atoms with Gasteiger partial charge in [0.15, 0.2) is 0 Å². The maximum atomic E-state index is 12.6. The second-order valence-corrected chi connectivity index (χ2v) is 8.65. The molecule has 0 aliphatic heterocycles. The molecule has 1 atom stereocenters. The number of carbonyl (C=O) groups excluding carboxylic acids is 1. The van der Waals surface area contributed by atoms with E-state index in [0.717, 1.165) is 14.3 Å². The topological polar surface area (TPSA) is 75.7 Å². The number of rotatable bonds is 7. The van der Waals surface area contributed by atoms with Crippen LogP contribution in [0.1, 0.15) is 18.5 Å². The van der Waals surface area contributed by atoms with E-state index in [1.54, 1.807) is 12.1 Å². The lowest BCUT2D eigenvalue weighted by Gasteiger charge is -2.20. The molecule has 140 valence electrons. The molecule has 0 unspecified atom stereocenters. The molecule has 0 spiro atoms. The van der Waals surface area contributed by atoms with E-state index >= 15 is 0 Å². The molecule has 2 rings (SSSR count). The molecule has 0 bridgehead atoms. The number of methoxy groups -OCH3 is 1. The molecular weight excluding hydrogens is 420 g/mol. The molecule has 1 amide bonds. The second kappa shape index (κ2) is 8.66. The van der Waals surface area contributed by atoms with Gasteiger partial charge in [-0.25, -0.2) is 8.42 Å². The van der Waals surface area contributed by atoms with Crippen LogP contribution in [0.3, 0.4) is 0 Å². The summed E-state index contributed by atoms with van der Waals surface area (Å²) in [6, 6.07) is 13.3. The van der Waals surface area contributed by atoms with Crippen molar-refractivity contribution >= 4 is 31.9 Å². The molecule has 0 heterocycles. The number of nitrogens with zero attached hydrogens (tertiary/aromatic N) is 1. The van der Waals surface area contributed by atoms with Crippen LogP contribution in [-0.2, 0) is 14.8 Å². The molecule has 8 heteroatoms. The van der Waals surface area contributed by atoms with Crippen LogP contribution >= 0.6 is 15.9 Å². The van der Waals surface area contributed by atoms with Crippen molar-refractivity contribution in [2.75, 3.05) is 20.7 Å². The van der Waals surface area contributed by atoms with Gasteiger partial charge in [-0.15, -0.1) is 0 Å². The molecule has 0 radical (unpaired) electrons. The number of nitrogens with one attached hydrogen (secondary N) is 1. The lowest BCUT2D eigenvalue weighted by Crippen LogP contribution is -2.39. The first-order chi connectivity index (χ1) is 12.3. The van der Waals surface area contributed by atoms with E-state index in [2.05, 4.69) is 21.2 Å². The zero-order valence-corrected chi connectivity index (χ0v) is 17.2. The van der Waals surface area contributed by atoms with Crippen molar-refractivity contribution in [3.8, 4) is 5.75 Å². The summed E-state index contributed by atoms with van der Waals surface area (Å²) in [5.41, 5.74) is 0.918. The Morgan fingerprint density at radius 1 is 1.19 bits per heavy atom. The minimum Gasteiger partial charge on any atom is -0.497 e. The number of likely N-dealkylation sites (N-methyl/N-ethyl adjacent to an activating group) is 1. The number of carbonyl (C=O) groups is 1. The van der Waals surface area contributed by atoms with Crippen LogP contribution in [0.25, 0.3) is 0 Å². The van der Waals surface area contributed by atoms with E-state index in [-0.39, 0.29) is 23.4 Å². The maximum absolute atomic E-state index is 12.6. The van der Waals surface area contributed by atoms with Gasteiger partial charge in [0.1, 0.15) is 5.75 Å². The minimum atomic E-state index is -3.76. The number of hydrogen-bond donors (Lipinski definition) is 1. The Morgan fingerprint density at radius 3 is 2.38 bits per heavy atom. The van der Waals surface area contributed by atoms with Gasteiger partial charge in [0.05, 0.1) is 24.6 Å². The van der Waals surface area contributed by atoms with Crippen molar-refractivity contribution in [2.45, 2.75) is 17.9 Å². The van der Waals surface area contributed by atoms with Crippen LogP contribution in [0, 0.1) is 0 Å². The zero-order chi connectivity index (χ0) is 19.3. The van der Waals surface area contributed by atoms with E-state index in [4.69, 9.17) is 4.74 Å². The fraction of sp³-hybridized carbons (Fsp3) is 0.278. The van der Waals surface area contributed by atoms with Crippen molar-refractivity contribution in [3.63, 3.8) is 0 Å². The second-order valence-electron chi connectivity index (χ2n) is 5.75.